The Morgan fingerprint density at radius 1 is 0.833 bits per heavy atom. The second kappa shape index (κ2) is 7.61. The molecule has 0 radical (unpaired) electrons. The van der Waals surface area contributed by atoms with Crippen LogP contribution < -0.4 is 4.72 Å². The molecule has 0 amide bonds. The minimum Gasteiger partial charge on any atom is -0.478 e. The van der Waals surface area contributed by atoms with Gasteiger partial charge in [0.1, 0.15) is 5.82 Å². The Kier molecular flexibility index (Phi) is 4.97. The lowest BCUT2D eigenvalue weighted by molar-refractivity contribution is 0.0698. The molecular weight excluding hydrogens is 405 g/mol. The third-order valence-corrected chi connectivity index (χ3v) is 6.13. The Hall–Kier alpha value is -3.71. The van der Waals surface area contributed by atoms with Gasteiger partial charge in [-0.1, -0.05) is 54.6 Å². The van der Waals surface area contributed by atoms with E-state index >= 15 is 0 Å². The van der Waals surface area contributed by atoms with Crippen molar-refractivity contribution in [2.45, 2.75) is 4.90 Å². The van der Waals surface area contributed by atoms with E-state index in [0.29, 0.717) is 16.5 Å². The van der Waals surface area contributed by atoms with Gasteiger partial charge in [0.25, 0.3) is 10.0 Å². The summed E-state index contributed by atoms with van der Waals surface area (Å²) in [4.78, 5) is 11.7. The van der Waals surface area contributed by atoms with Gasteiger partial charge in [0.2, 0.25) is 0 Å². The fourth-order valence-corrected chi connectivity index (χ4v) is 4.57. The lowest BCUT2D eigenvalue weighted by Gasteiger charge is -2.14. The summed E-state index contributed by atoms with van der Waals surface area (Å²) < 4.78 is 41.9. The average molecular weight is 421 g/mol. The van der Waals surface area contributed by atoms with Crippen LogP contribution in [-0.2, 0) is 10.0 Å². The van der Waals surface area contributed by atoms with Crippen molar-refractivity contribution in [3.63, 3.8) is 0 Å². The second-order valence-corrected chi connectivity index (χ2v) is 8.31. The first-order valence-electron chi connectivity index (χ1n) is 8.99. The van der Waals surface area contributed by atoms with Gasteiger partial charge in [-0.15, -0.1) is 0 Å². The minimum absolute atomic E-state index is 0.0455. The number of benzene rings is 4. The van der Waals surface area contributed by atoms with Crippen molar-refractivity contribution in [3.05, 3.63) is 96.3 Å². The van der Waals surface area contributed by atoms with Gasteiger partial charge in [0, 0.05) is 5.39 Å². The number of sulfonamides is 1. The predicted octanol–water partition coefficient (Wildman–Crippen LogP) is 5.14. The molecule has 0 spiro atoms. The summed E-state index contributed by atoms with van der Waals surface area (Å²) in [6.45, 7) is 0. The standard InChI is InChI=1S/C23H16FNO4S/c24-18-11-8-15(9-12-18)17-10-13-20(23(26)27)21(14-17)25-30(28,29)22-7-3-5-16-4-1-2-6-19(16)22/h1-14,25H,(H,26,27). The van der Waals surface area contributed by atoms with Crippen LogP contribution in [0.3, 0.4) is 0 Å². The Morgan fingerprint density at radius 3 is 2.23 bits per heavy atom. The van der Waals surface area contributed by atoms with Gasteiger partial charge in [-0.2, -0.15) is 0 Å². The number of carboxylic acid groups (broad SMARTS) is 1. The number of nitrogens with one attached hydrogen (secondary N) is 1. The molecule has 0 aromatic heterocycles. The highest BCUT2D eigenvalue weighted by Gasteiger charge is 2.21. The number of hydrogen-bond donors (Lipinski definition) is 2. The van der Waals surface area contributed by atoms with Gasteiger partial charge in [-0.05, 0) is 46.8 Å². The van der Waals surface area contributed by atoms with Crippen molar-refractivity contribution in [3.8, 4) is 11.1 Å². The molecule has 30 heavy (non-hydrogen) atoms. The van der Waals surface area contributed by atoms with Gasteiger partial charge in [0.15, 0.2) is 0 Å². The van der Waals surface area contributed by atoms with Crippen LogP contribution in [0.15, 0.2) is 89.8 Å². The van der Waals surface area contributed by atoms with E-state index in [2.05, 4.69) is 4.72 Å². The largest absolute Gasteiger partial charge is 0.478 e. The molecule has 0 unspecified atom stereocenters. The first-order chi connectivity index (χ1) is 14.3. The predicted molar refractivity (Wildman–Crippen MR) is 114 cm³/mol. The number of carbonyl (C=O) groups is 1. The molecule has 0 fully saturated rings. The fraction of sp³-hybridized carbons (Fsp3) is 0. The zero-order valence-electron chi connectivity index (χ0n) is 15.5. The van der Waals surface area contributed by atoms with Gasteiger partial charge in [-0.25, -0.2) is 17.6 Å². The summed E-state index contributed by atoms with van der Waals surface area (Å²) in [7, 11) is -4.07. The zero-order chi connectivity index (χ0) is 21.3. The summed E-state index contributed by atoms with van der Waals surface area (Å²) in [5, 5.41) is 10.8. The van der Waals surface area contributed by atoms with E-state index in [4.69, 9.17) is 0 Å². The van der Waals surface area contributed by atoms with E-state index in [9.17, 15) is 22.7 Å². The number of aromatic carboxylic acids is 1. The summed E-state index contributed by atoms with van der Waals surface area (Å²) in [5.74, 6) is -1.67. The summed E-state index contributed by atoms with van der Waals surface area (Å²) in [6.07, 6.45) is 0. The highest BCUT2D eigenvalue weighted by Crippen LogP contribution is 2.30. The molecule has 0 atom stereocenters. The maximum atomic E-state index is 13.2. The molecule has 0 saturated carbocycles. The topological polar surface area (TPSA) is 83.5 Å². The average Bonchev–Trinajstić information content (AvgIpc) is 2.73. The van der Waals surface area contributed by atoms with Gasteiger partial charge < -0.3 is 5.11 Å². The molecule has 0 saturated heterocycles. The van der Waals surface area contributed by atoms with Crippen LogP contribution in [0.1, 0.15) is 10.4 Å². The van der Waals surface area contributed by atoms with Gasteiger partial charge >= 0.3 is 5.97 Å². The van der Waals surface area contributed by atoms with Crippen LogP contribution in [0.25, 0.3) is 21.9 Å². The maximum Gasteiger partial charge on any atom is 0.337 e. The molecule has 0 aliphatic heterocycles. The van der Waals surface area contributed by atoms with Crippen LogP contribution >= 0.6 is 0 Å². The molecular formula is C23H16FNO4S. The Labute approximate surface area is 172 Å². The van der Waals surface area contributed by atoms with Crippen LogP contribution in [0.4, 0.5) is 10.1 Å². The van der Waals surface area contributed by atoms with Gasteiger partial charge in [-0.3, -0.25) is 4.72 Å². The number of halogens is 1. The van der Waals surface area contributed by atoms with E-state index in [-0.39, 0.29) is 16.1 Å². The van der Waals surface area contributed by atoms with Crippen molar-refractivity contribution in [2.75, 3.05) is 4.72 Å². The van der Waals surface area contributed by atoms with E-state index in [0.717, 1.165) is 5.39 Å². The van der Waals surface area contributed by atoms with Crippen molar-refractivity contribution < 1.29 is 22.7 Å². The van der Waals surface area contributed by atoms with Crippen molar-refractivity contribution in [1.82, 2.24) is 0 Å². The molecule has 2 N–H and O–H groups in total. The van der Waals surface area contributed by atoms with Crippen LogP contribution in [0.2, 0.25) is 0 Å². The molecule has 0 aliphatic carbocycles. The molecule has 150 valence electrons. The quantitative estimate of drug-likeness (QED) is 0.467. The summed E-state index contributed by atoms with van der Waals surface area (Å²) >= 11 is 0. The van der Waals surface area contributed by atoms with Crippen molar-refractivity contribution in [2.24, 2.45) is 0 Å². The van der Waals surface area contributed by atoms with Gasteiger partial charge in [0.05, 0.1) is 16.1 Å². The van der Waals surface area contributed by atoms with Crippen LogP contribution in [0, 0.1) is 5.82 Å². The summed E-state index contributed by atoms with van der Waals surface area (Å²) in [5.41, 5.74) is 0.913. The molecule has 7 heteroatoms. The SMILES string of the molecule is O=C(O)c1ccc(-c2ccc(F)cc2)cc1NS(=O)(=O)c1cccc2ccccc12. The first-order valence-corrected chi connectivity index (χ1v) is 10.5. The Morgan fingerprint density at radius 2 is 1.50 bits per heavy atom. The van der Waals surface area contributed by atoms with Crippen molar-refractivity contribution >= 4 is 32.5 Å². The number of rotatable bonds is 5. The number of carboxylic acids is 1. The second-order valence-electron chi connectivity index (χ2n) is 6.66. The third-order valence-electron chi connectivity index (χ3n) is 4.71. The monoisotopic (exact) mass is 421 g/mol. The van der Waals surface area contributed by atoms with Crippen LogP contribution in [0.5, 0.6) is 0 Å². The molecule has 0 heterocycles. The van der Waals surface area contributed by atoms with E-state index < -0.39 is 21.8 Å². The molecule has 4 aromatic carbocycles. The highest BCUT2D eigenvalue weighted by molar-refractivity contribution is 7.93. The number of anilines is 1. The number of hydrogen-bond acceptors (Lipinski definition) is 3. The third kappa shape index (κ3) is 3.75. The maximum absolute atomic E-state index is 13.2. The molecule has 4 aromatic rings. The smallest absolute Gasteiger partial charge is 0.337 e. The lowest BCUT2D eigenvalue weighted by Crippen LogP contribution is -2.16. The summed E-state index contributed by atoms with van der Waals surface area (Å²) in [6, 6.07) is 21.9. The van der Waals surface area contributed by atoms with E-state index in [1.165, 1.54) is 42.5 Å². The normalized spacial score (nSPS) is 11.4. The lowest BCUT2D eigenvalue weighted by atomic mass is 10.0. The van der Waals surface area contributed by atoms with Crippen LogP contribution in [-0.4, -0.2) is 19.5 Å². The minimum atomic E-state index is -4.07. The van der Waals surface area contributed by atoms with E-state index in [1.807, 2.05) is 0 Å². The molecule has 0 aliphatic rings. The molecule has 4 rings (SSSR count). The number of fused-ring (bicyclic) bond motifs is 1. The Bertz CT molecular complexity index is 1360. The molecule has 0 bridgehead atoms. The highest BCUT2D eigenvalue weighted by atomic mass is 32.2. The van der Waals surface area contributed by atoms with Crippen molar-refractivity contribution in [1.29, 1.82) is 0 Å². The van der Waals surface area contributed by atoms with E-state index in [1.54, 1.807) is 42.5 Å². The zero-order valence-corrected chi connectivity index (χ0v) is 16.4. The fourth-order valence-electron chi connectivity index (χ4n) is 3.27. The molecule has 5 nitrogen and oxygen atoms in total. The first kappa shape index (κ1) is 19.6. The Balaban J connectivity index is 1.81.